The number of rotatable bonds is 5. The Bertz CT molecular complexity index is 792. The molecule has 1 heterocycles. The molecule has 0 bridgehead atoms. The monoisotopic (exact) mass is 512 g/mol. The summed E-state index contributed by atoms with van der Waals surface area (Å²) in [5.74, 6) is 1.47. The van der Waals surface area contributed by atoms with Crippen LogP contribution in [0.3, 0.4) is 0 Å². The summed E-state index contributed by atoms with van der Waals surface area (Å²) in [5, 5.41) is 3.37. The van der Waals surface area contributed by atoms with Crippen molar-refractivity contribution >= 4 is 46.4 Å². The molecule has 1 aliphatic rings. The topological polar surface area (TPSA) is 47.9 Å². The summed E-state index contributed by atoms with van der Waals surface area (Å²) in [6.07, 6.45) is 0. The van der Waals surface area contributed by atoms with E-state index in [1.54, 1.807) is 0 Å². The van der Waals surface area contributed by atoms with Crippen LogP contribution in [0.15, 0.2) is 64.5 Å². The number of aryl methyl sites for hydroxylation is 1. The van der Waals surface area contributed by atoms with Gasteiger partial charge in [0.2, 0.25) is 0 Å². The Kier molecular flexibility index (Phi) is 9.24. The van der Waals surface area contributed by atoms with Gasteiger partial charge in [0.25, 0.3) is 0 Å². The molecule has 0 spiro atoms. The van der Waals surface area contributed by atoms with Crippen LogP contribution in [0.2, 0.25) is 0 Å². The minimum Gasteiger partial charge on any atom is -0.368 e. The van der Waals surface area contributed by atoms with Gasteiger partial charge in [-0.3, -0.25) is 9.20 Å². The highest BCUT2D eigenvalue weighted by Gasteiger charge is 2.19. The molecule has 0 radical (unpaired) electrons. The van der Waals surface area contributed by atoms with Crippen LogP contribution in [-0.2, 0) is 10.8 Å². The molecule has 1 saturated heterocycles. The van der Waals surface area contributed by atoms with Crippen LogP contribution >= 0.6 is 24.0 Å². The summed E-state index contributed by atoms with van der Waals surface area (Å²) in [4.78, 5) is 9.98. The Balaban J connectivity index is 0.00000280. The van der Waals surface area contributed by atoms with E-state index >= 15 is 0 Å². The van der Waals surface area contributed by atoms with Crippen LogP contribution in [0, 0.1) is 6.92 Å². The SMILES string of the molecule is CN=C(NCCS(=O)c1ccccc1)N1CCN(c2cccc(C)c2)CC1.I. The molecule has 28 heavy (non-hydrogen) atoms. The van der Waals surface area contributed by atoms with E-state index in [-0.39, 0.29) is 24.0 Å². The zero-order valence-electron chi connectivity index (χ0n) is 16.5. The first-order chi connectivity index (χ1) is 13.2. The van der Waals surface area contributed by atoms with Gasteiger partial charge in [-0.1, -0.05) is 30.3 Å². The predicted octanol–water partition coefficient (Wildman–Crippen LogP) is 3.12. The molecule has 0 saturated carbocycles. The molecule has 1 fully saturated rings. The lowest BCUT2D eigenvalue weighted by Gasteiger charge is -2.37. The Hall–Kier alpha value is -1.61. The molecule has 0 amide bonds. The predicted molar refractivity (Wildman–Crippen MR) is 129 cm³/mol. The van der Waals surface area contributed by atoms with Gasteiger partial charge in [0, 0.05) is 56.1 Å². The zero-order valence-corrected chi connectivity index (χ0v) is 19.7. The van der Waals surface area contributed by atoms with E-state index < -0.39 is 10.8 Å². The quantitative estimate of drug-likeness (QED) is 0.380. The van der Waals surface area contributed by atoms with Gasteiger partial charge >= 0.3 is 0 Å². The molecule has 1 N–H and O–H groups in total. The maximum atomic E-state index is 12.3. The number of aliphatic imine (C=N–C) groups is 1. The van der Waals surface area contributed by atoms with Crippen LogP contribution in [0.1, 0.15) is 5.56 Å². The van der Waals surface area contributed by atoms with Crippen LogP contribution in [0.5, 0.6) is 0 Å². The lowest BCUT2D eigenvalue weighted by Crippen LogP contribution is -2.53. The molecule has 152 valence electrons. The summed E-state index contributed by atoms with van der Waals surface area (Å²) in [5.41, 5.74) is 2.58. The van der Waals surface area contributed by atoms with Crippen LogP contribution in [0.4, 0.5) is 5.69 Å². The number of benzene rings is 2. The van der Waals surface area contributed by atoms with Crippen LogP contribution in [-0.4, -0.2) is 60.6 Å². The van der Waals surface area contributed by atoms with Crippen molar-refractivity contribution in [1.29, 1.82) is 0 Å². The second-order valence-electron chi connectivity index (χ2n) is 6.65. The van der Waals surface area contributed by atoms with Crippen molar-refractivity contribution in [2.24, 2.45) is 4.99 Å². The van der Waals surface area contributed by atoms with Crippen molar-refractivity contribution in [3.8, 4) is 0 Å². The maximum absolute atomic E-state index is 12.3. The summed E-state index contributed by atoms with van der Waals surface area (Å²) >= 11 is 0. The van der Waals surface area contributed by atoms with Crippen molar-refractivity contribution in [2.45, 2.75) is 11.8 Å². The van der Waals surface area contributed by atoms with Crippen molar-refractivity contribution in [2.75, 3.05) is 50.4 Å². The number of nitrogens with zero attached hydrogens (tertiary/aromatic N) is 3. The summed E-state index contributed by atoms with van der Waals surface area (Å²) in [6.45, 7) is 6.57. The third kappa shape index (κ3) is 6.20. The van der Waals surface area contributed by atoms with E-state index in [9.17, 15) is 4.21 Å². The van der Waals surface area contributed by atoms with E-state index in [0.29, 0.717) is 12.3 Å². The Morgan fingerprint density at radius 3 is 2.43 bits per heavy atom. The van der Waals surface area contributed by atoms with E-state index in [1.165, 1.54) is 11.3 Å². The van der Waals surface area contributed by atoms with Gasteiger partial charge < -0.3 is 15.1 Å². The zero-order chi connectivity index (χ0) is 19.1. The first-order valence-corrected chi connectivity index (χ1v) is 10.7. The highest BCUT2D eigenvalue weighted by Crippen LogP contribution is 2.17. The summed E-state index contributed by atoms with van der Waals surface area (Å²) < 4.78 is 12.3. The average Bonchev–Trinajstić information content (AvgIpc) is 2.72. The Morgan fingerprint density at radius 2 is 1.79 bits per heavy atom. The third-order valence-corrected chi connectivity index (χ3v) is 6.11. The van der Waals surface area contributed by atoms with E-state index in [4.69, 9.17) is 0 Å². The number of anilines is 1. The van der Waals surface area contributed by atoms with E-state index in [0.717, 1.165) is 37.0 Å². The van der Waals surface area contributed by atoms with Crippen LogP contribution < -0.4 is 10.2 Å². The first-order valence-electron chi connectivity index (χ1n) is 9.38. The molecule has 3 rings (SSSR count). The minimum absolute atomic E-state index is 0. The van der Waals surface area contributed by atoms with Crippen molar-refractivity contribution < 1.29 is 4.21 Å². The maximum Gasteiger partial charge on any atom is 0.193 e. The first kappa shape index (κ1) is 22.7. The number of hydrogen-bond acceptors (Lipinski definition) is 3. The minimum atomic E-state index is -0.984. The molecule has 0 aromatic heterocycles. The molecular weight excluding hydrogens is 483 g/mol. The number of halogens is 1. The lowest BCUT2D eigenvalue weighted by atomic mass is 10.2. The number of nitrogens with one attached hydrogen (secondary N) is 1. The Labute approximate surface area is 187 Å². The second kappa shape index (κ2) is 11.4. The molecule has 7 heteroatoms. The molecule has 1 aliphatic heterocycles. The van der Waals surface area contributed by atoms with Gasteiger partial charge in [-0.05, 0) is 36.8 Å². The Morgan fingerprint density at radius 1 is 1.07 bits per heavy atom. The standard InChI is InChI=1S/C21H28N4OS.HI/c1-18-7-6-8-19(17-18)24-12-14-25(15-13-24)21(22-2)23-11-16-27(26)20-9-4-3-5-10-20;/h3-10,17H,11-16H2,1-2H3,(H,22,23);1H. The summed E-state index contributed by atoms with van der Waals surface area (Å²) in [7, 11) is 0.825. The molecular formula is C21H29IN4OS. The van der Waals surface area contributed by atoms with Crippen molar-refractivity contribution in [3.63, 3.8) is 0 Å². The number of hydrogen-bond donors (Lipinski definition) is 1. The number of piperazine rings is 1. The van der Waals surface area contributed by atoms with Gasteiger partial charge in [0.05, 0.1) is 10.8 Å². The van der Waals surface area contributed by atoms with Crippen LogP contribution in [0.25, 0.3) is 0 Å². The van der Waals surface area contributed by atoms with E-state index in [1.807, 2.05) is 37.4 Å². The molecule has 0 aliphatic carbocycles. The molecule has 1 atom stereocenters. The van der Waals surface area contributed by atoms with Gasteiger partial charge in [-0.15, -0.1) is 24.0 Å². The fourth-order valence-electron chi connectivity index (χ4n) is 3.28. The van der Waals surface area contributed by atoms with Gasteiger partial charge in [0.1, 0.15) is 0 Å². The van der Waals surface area contributed by atoms with E-state index in [2.05, 4.69) is 51.3 Å². The van der Waals surface area contributed by atoms with Crippen molar-refractivity contribution in [3.05, 3.63) is 60.2 Å². The fraction of sp³-hybridized carbons (Fsp3) is 0.381. The normalized spacial score (nSPS) is 15.7. The smallest absolute Gasteiger partial charge is 0.193 e. The van der Waals surface area contributed by atoms with Crippen molar-refractivity contribution in [1.82, 2.24) is 10.2 Å². The van der Waals surface area contributed by atoms with Gasteiger partial charge in [0.15, 0.2) is 5.96 Å². The summed E-state index contributed by atoms with van der Waals surface area (Å²) in [6, 6.07) is 18.3. The highest BCUT2D eigenvalue weighted by molar-refractivity contribution is 14.0. The largest absolute Gasteiger partial charge is 0.368 e. The molecule has 2 aromatic rings. The average molecular weight is 512 g/mol. The fourth-order valence-corrected chi connectivity index (χ4v) is 4.26. The molecule has 1 unspecified atom stereocenters. The molecule has 5 nitrogen and oxygen atoms in total. The molecule has 2 aromatic carbocycles. The second-order valence-corrected chi connectivity index (χ2v) is 8.22. The van der Waals surface area contributed by atoms with Gasteiger partial charge in [-0.2, -0.15) is 0 Å². The highest BCUT2D eigenvalue weighted by atomic mass is 127. The number of guanidine groups is 1. The third-order valence-electron chi connectivity index (χ3n) is 4.73. The van der Waals surface area contributed by atoms with Gasteiger partial charge in [-0.25, -0.2) is 0 Å². The lowest BCUT2D eigenvalue weighted by molar-refractivity contribution is 0.373.